The number of carboxylic acids is 1. The molecule has 2 aromatic rings. The molecule has 0 spiro atoms. The van der Waals surface area contributed by atoms with Crippen LogP contribution in [0.5, 0.6) is 0 Å². The molecule has 1 atom stereocenters. The van der Waals surface area contributed by atoms with E-state index in [1.807, 2.05) is 30.3 Å². The van der Waals surface area contributed by atoms with Crippen molar-refractivity contribution >= 4 is 11.7 Å². The van der Waals surface area contributed by atoms with Crippen molar-refractivity contribution in [2.45, 2.75) is 25.8 Å². The predicted molar refractivity (Wildman–Crippen MR) is 81.3 cm³/mol. The highest BCUT2D eigenvalue weighted by molar-refractivity contribution is 5.71. The Morgan fingerprint density at radius 1 is 1.19 bits per heavy atom. The zero-order valence-electron chi connectivity index (χ0n) is 11.8. The smallest absolute Gasteiger partial charge is 0.326 e. The number of carboxylic acid groups (broad SMARTS) is 1. The molecule has 5 heteroatoms. The summed E-state index contributed by atoms with van der Waals surface area (Å²) in [6.45, 7) is 1.48. The van der Waals surface area contributed by atoms with Gasteiger partial charge in [-0.15, -0.1) is 0 Å². The average molecular weight is 286 g/mol. The second-order valence-corrected chi connectivity index (χ2v) is 4.95. The largest absolute Gasteiger partial charge is 0.480 e. The summed E-state index contributed by atoms with van der Waals surface area (Å²) < 4.78 is 1.26. The van der Waals surface area contributed by atoms with Crippen LogP contribution in [0.15, 0.2) is 47.3 Å². The van der Waals surface area contributed by atoms with Crippen molar-refractivity contribution in [3.63, 3.8) is 0 Å². The van der Waals surface area contributed by atoms with Gasteiger partial charge in [0.15, 0.2) is 0 Å². The third kappa shape index (κ3) is 3.31. The molecule has 0 aliphatic carbocycles. The number of nitrogens with two attached hydrogens (primary N) is 1. The van der Waals surface area contributed by atoms with E-state index in [1.54, 1.807) is 6.07 Å². The third-order valence-corrected chi connectivity index (χ3v) is 3.49. The Labute approximate surface area is 122 Å². The van der Waals surface area contributed by atoms with Gasteiger partial charge in [0.05, 0.1) is 5.69 Å². The van der Waals surface area contributed by atoms with Gasteiger partial charge in [0, 0.05) is 5.69 Å². The Kier molecular flexibility index (Phi) is 4.42. The zero-order valence-corrected chi connectivity index (χ0v) is 11.8. The van der Waals surface area contributed by atoms with Gasteiger partial charge >= 0.3 is 5.97 Å². The van der Waals surface area contributed by atoms with E-state index in [4.69, 9.17) is 10.8 Å². The average Bonchev–Trinajstić information content (AvgIpc) is 2.48. The SMILES string of the molecule is CC(C(=O)O)n1c(CCc2ccccc2)ccc(N)c1=O. The van der Waals surface area contributed by atoms with Crippen molar-refractivity contribution in [3.05, 3.63) is 64.1 Å². The minimum Gasteiger partial charge on any atom is -0.480 e. The van der Waals surface area contributed by atoms with Crippen molar-refractivity contribution in [1.29, 1.82) is 0 Å². The van der Waals surface area contributed by atoms with E-state index in [0.29, 0.717) is 12.1 Å². The number of nitrogens with zero attached hydrogens (tertiary/aromatic N) is 1. The number of rotatable bonds is 5. The molecule has 2 rings (SSSR count). The Morgan fingerprint density at radius 3 is 2.48 bits per heavy atom. The molecule has 0 aliphatic heterocycles. The lowest BCUT2D eigenvalue weighted by Gasteiger charge is -2.17. The zero-order chi connectivity index (χ0) is 15.4. The summed E-state index contributed by atoms with van der Waals surface area (Å²) in [7, 11) is 0. The molecule has 5 nitrogen and oxygen atoms in total. The van der Waals surface area contributed by atoms with Crippen LogP contribution in [0.1, 0.15) is 24.2 Å². The maximum atomic E-state index is 12.1. The first-order chi connectivity index (χ1) is 10.0. The van der Waals surface area contributed by atoms with Crippen LogP contribution in [0.3, 0.4) is 0 Å². The van der Waals surface area contributed by atoms with E-state index in [1.165, 1.54) is 17.6 Å². The third-order valence-electron chi connectivity index (χ3n) is 3.49. The van der Waals surface area contributed by atoms with Crippen LogP contribution in [0, 0.1) is 0 Å². The molecular formula is C16H18N2O3. The van der Waals surface area contributed by atoms with Crippen LogP contribution in [0.2, 0.25) is 0 Å². The molecule has 1 unspecified atom stereocenters. The van der Waals surface area contributed by atoms with Crippen LogP contribution in [0.4, 0.5) is 5.69 Å². The summed E-state index contributed by atoms with van der Waals surface area (Å²) >= 11 is 0. The van der Waals surface area contributed by atoms with E-state index < -0.39 is 17.6 Å². The number of hydrogen-bond acceptors (Lipinski definition) is 3. The summed E-state index contributed by atoms with van der Waals surface area (Å²) in [5.41, 5.74) is 7.03. The van der Waals surface area contributed by atoms with Gasteiger partial charge in [0.1, 0.15) is 6.04 Å². The van der Waals surface area contributed by atoms with Crippen LogP contribution in [-0.2, 0) is 17.6 Å². The number of anilines is 1. The highest BCUT2D eigenvalue weighted by atomic mass is 16.4. The Hall–Kier alpha value is -2.56. The summed E-state index contributed by atoms with van der Waals surface area (Å²) in [4.78, 5) is 23.3. The quantitative estimate of drug-likeness (QED) is 0.878. The van der Waals surface area contributed by atoms with Gasteiger partial charge in [-0.3, -0.25) is 9.36 Å². The van der Waals surface area contributed by atoms with Gasteiger partial charge in [-0.1, -0.05) is 30.3 Å². The van der Waals surface area contributed by atoms with Crippen LogP contribution >= 0.6 is 0 Å². The molecule has 3 N–H and O–H groups in total. The highest BCUT2D eigenvalue weighted by Gasteiger charge is 2.19. The van der Waals surface area contributed by atoms with E-state index in [0.717, 1.165) is 12.0 Å². The van der Waals surface area contributed by atoms with Crippen molar-refractivity contribution in [2.24, 2.45) is 0 Å². The predicted octanol–water partition coefficient (Wildman–Crippen LogP) is 1.86. The van der Waals surface area contributed by atoms with Gasteiger partial charge < -0.3 is 10.8 Å². The molecule has 0 fully saturated rings. The fourth-order valence-corrected chi connectivity index (χ4v) is 2.26. The first-order valence-corrected chi connectivity index (χ1v) is 6.77. The molecule has 1 aromatic carbocycles. The molecule has 1 heterocycles. The van der Waals surface area contributed by atoms with Gasteiger partial charge in [-0.05, 0) is 37.5 Å². The van der Waals surface area contributed by atoms with Crippen molar-refractivity contribution in [1.82, 2.24) is 4.57 Å². The number of benzene rings is 1. The lowest BCUT2D eigenvalue weighted by atomic mass is 10.1. The van der Waals surface area contributed by atoms with Gasteiger partial charge in [0.2, 0.25) is 0 Å². The number of aryl methyl sites for hydroxylation is 2. The van der Waals surface area contributed by atoms with E-state index in [-0.39, 0.29) is 5.69 Å². The molecule has 21 heavy (non-hydrogen) atoms. The van der Waals surface area contributed by atoms with E-state index >= 15 is 0 Å². The fraction of sp³-hybridized carbons (Fsp3) is 0.250. The second kappa shape index (κ2) is 6.26. The number of hydrogen-bond donors (Lipinski definition) is 2. The molecule has 0 amide bonds. The van der Waals surface area contributed by atoms with Crippen molar-refractivity contribution in [2.75, 3.05) is 5.73 Å². The minimum atomic E-state index is -1.05. The first kappa shape index (κ1) is 14.8. The number of pyridine rings is 1. The Morgan fingerprint density at radius 2 is 1.86 bits per heavy atom. The molecule has 0 aliphatic rings. The molecule has 0 saturated carbocycles. The summed E-state index contributed by atoms with van der Waals surface area (Å²) in [6.07, 6.45) is 1.31. The number of carbonyl (C=O) groups is 1. The Bertz CT molecular complexity index is 692. The second-order valence-electron chi connectivity index (χ2n) is 4.95. The van der Waals surface area contributed by atoms with E-state index in [2.05, 4.69) is 0 Å². The van der Waals surface area contributed by atoms with Crippen LogP contribution in [0.25, 0.3) is 0 Å². The normalized spacial score (nSPS) is 12.0. The minimum absolute atomic E-state index is 0.0616. The molecule has 0 saturated heterocycles. The van der Waals surface area contributed by atoms with E-state index in [9.17, 15) is 9.59 Å². The summed E-state index contributed by atoms with van der Waals surface area (Å²) in [5.74, 6) is -1.05. The Balaban J connectivity index is 2.33. The molecular weight excluding hydrogens is 268 g/mol. The highest BCUT2D eigenvalue weighted by Crippen LogP contribution is 2.13. The van der Waals surface area contributed by atoms with Crippen molar-refractivity contribution in [3.8, 4) is 0 Å². The topological polar surface area (TPSA) is 85.3 Å². The molecule has 0 bridgehead atoms. The number of aliphatic carboxylic acids is 1. The van der Waals surface area contributed by atoms with Gasteiger partial charge in [0.25, 0.3) is 5.56 Å². The maximum Gasteiger partial charge on any atom is 0.326 e. The maximum absolute atomic E-state index is 12.1. The van der Waals surface area contributed by atoms with Gasteiger partial charge in [-0.2, -0.15) is 0 Å². The molecule has 110 valence electrons. The number of aromatic nitrogens is 1. The monoisotopic (exact) mass is 286 g/mol. The van der Waals surface area contributed by atoms with Crippen LogP contribution in [-0.4, -0.2) is 15.6 Å². The lowest BCUT2D eigenvalue weighted by molar-refractivity contribution is -0.140. The summed E-state index contributed by atoms with van der Waals surface area (Å²) in [5, 5.41) is 9.16. The fourth-order valence-electron chi connectivity index (χ4n) is 2.26. The van der Waals surface area contributed by atoms with Gasteiger partial charge in [-0.25, -0.2) is 4.79 Å². The molecule has 0 radical (unpaired) electrons. The summed E-state index contributed by atoms with van der Waals surface area (Å²) in [6, 6.07) is 12.2. The lowest BCUT2D eigenvalue weighted by Crippen LogP contribution is -2.32. The first-order valence-electron chi connectivity index (χ1n) is 6.77. The standard InChI is InChI=1S/C16H18N2O3/c1-11(16(20)21)18-13(9-10-14(17)15(18)19)8-7-12-5-3-2-4-6-12/h2-6,9-11H,7-8,17H2,1H3,(H,20,21). The molecule has 1 aromatic heterocycles. The van der Waals surface area contributed by atoms with Crippen molar-refractivity contribution < 1.29 is 9.90 Å². The number of nitrogen functional groups attached to an aromatic ring is 1. The van der Waals surface area contributed by atoms with Crippen LogP contribution < -0.4 is 11.3 Å².